The third kappa shape index (κ3) is 2.38. The van der Waals surface area contributed by atoms with Gasteiger partial charge in [-0.15, -0.1) is 0 Å². The van der Waals surface area contributed by atoms with Crippen LogP contribution in [0.4, 0.5) is 0 Å². The van der Waals surface area contributed by atoms with E-state index in [0.717, 1.165) is 39.2 Å². The molecule has 3 unspecified atom stereocenters. The Morgan fingerprint density at radius 2 is 2.19 bits per heavy atom. The monoisotopic (exact) mass is 294 g/mol. The number of hydrogen-bond donors (Lipinski definition) is 3. The molecule has 4 saturated heterocycles. The predicted molar refractivity (Wildman–Crippen MR) is 78.5 cm³/mol. The fourth-order valence-electron chi connectivity index (χ4n) is 4.24. The molecular formula is C15H26N4O2. The SMILES string of the molecule is CC(NC1CC(C23COC(C2)C3)NCN1)C(=O)N1CCC1. The van der Waals surface area contributed by atoms with Crippen molar-refractivity contribution >= 4 is 5.91 Å². The summed E-state index contributed by atoms with van der Waals surface area (Å²) in [7, 11) is 0. The number of carbonyl (C=O) groups is 1. The van der Waals surface area contributed by atoms with E-state index in [1.807, 2.05) is 11.8 Å². The number of nitrogens with one attached hydrogen (secondary N) is 3. The van der Waals surface area contributed by atoms with Crippen molar-refractivity contribution in [3.05, 3.63) is 0 Å². The summed E-state index contributed by atoms with van der Waals surface area (Å²) in [6.07, 6.45) is 5.31. The molecule has 0 radical (unpaired) electrons. The minimum absolute atomic E-state index is 0.104. The third-order valence-corrected chi connectivity index (χ3v) is 5.77. The van der Waals surface area contributed by atoms with E-state index in [0.29, 0.717) is 17.6 Å². The Bertz CT molecular complexity index is 414. The van der Waals surface area contributed by atoms with Crippen molar-refractivity contribution in [3.63, 3.8) is 0 Å². The van der Waals surface area contributed by atoms with Crippen molar-refractivity contribution < 1.29 is 9.53 Å². The van der Waals surface area contributed by atoms with E-state index in [2.05, 4.69) is 16.0 Å². The number of rotatable bonds is 4. The van der Waals surface area contributed by atoms with Gasteiger partial charge in [0.25, 0.3) is 0 Å². The van der Waals surface area contributed by atoms with Gasteiger partial charge >= 0.3 is 0 Å². The number of hydrogen-bond acceptors (Lipinski definition) is 5. The van der Waals surface area contributed by atoms with E-state index in [9.17, 15) is 4.79 Å². The molecule has 5 aliphatic rings. The second-order valence-electron chi connectivity index (χ2n) is 7.20. The van der Waals surface area contributed by atoms with Gasteiger partial charge < -0.3 is 15.0 Å². The molecule has 0 aromatic heterocycles. The van der Waals surface area contributed by atoms with Crippen LogP contribution in [-0.4, -0.2) is 61.5 Å². The van der Waals surface area contributed by atoms with Crippen LogP contribution in [0, 0.1) is 5.41 Å². The van der Waals surface area contributed by atoms with Crippen LogP contribution in [-0.2, 0) is 9.53 Å². The van der Waals surface area contributed by atoms with Crippen LogP contribution < -0.4 is 16.0 Å². The van der Waals surface area contributed by atoms with Crippen molar-refractivity contribution in [2.24, 2.45) is 5.41 Å². The van der Waals surface area contributed by atoms with Crippen molar-refractivity contribution in [1.29, 1.82) is 0 Å². The molecule has 1 aliphatic carbocycles. The average molecular weight is 294 g/mol. The number of ether oxygens (including phenoxy) is 1. The first-order chi connectivity index (χ1) is 10.2. The normalized spacial score (nSPS) is 43.1. The summed E-state index contributed by atoms with van der Waals surface area (Å²) in [4.78, 5) is 14.1. The molecule has 0 aromatic rings. The summed E-state index contributed by atoms with van der Waals surface area (Å²) in [5, 5.41) is 10.5. The van der Waals surface area contributed by atoms with E-state index < -0.39 is 0 Å². The standard InChI is InChI=1S/C15H26N4O2/c1-10(14(20)19-3-2-4-19)18-13-5-12(16-9-17-13)15-6-11(7-15)21-8-15/h10-13,16-18H,2-9H2,1H3. The summed E-state index contributed by atoms with van der Waals surface area (Å²) < 4.78 is 5.75. The zero-order chi connectivity index (χ0) is 14.4. The van der Waals surface area contributed by atoms with E-state index in [-0.39, 0.29) is 18.1 Å². The van der Waals surface area contributed by atoms with Gasteiger partial charge in [-0.2, -0.15) is 0 Å². The minimum atomic E-state index is -0.104. The molecule has 6 heteroatoms. The minimum Gasteiger partial charge on any atom is -0.378 e. The lowest BCUT2D eigenvalue weighted by molar-refractivity contribution is -0.136. The van der Waals surface area contributed by atoms with Gasteiger partial charge in [0.2, 0.25) is 5.91 Å². The number of likely N-dealkylation sites (tertiary alicyclic amines) is 1. The number of fused-ring (bicyclic) bond motifs is 1. The molecule has 6 nitrogen and oxygen atoms in total. The zero-order valence-corrected chi connectivity index (χ0v) is 12.7. The van der Waals surface area contributed by atoms with Gasteiger partial charge in [-0.05, 0) is 32.6 Å². The molecule has 0 aromatic carbocycles. The first kappa shape index (κ1) is 13.9. The molecule has 3 atom stereocenters. The fourth-order valence-corrected chi connectivity index (χ4v) is 4.24. The molecule has 4 heterocycles. The molecule has 3 N–H and O–H groups in total. The van der Waals surface area contributed by atoms with Crippen molar-refractivity contribution in [2.75, 3.05) is 26.4 Å². The van der Waals surface area contributed by atoms with Gasteiger partial charge in [0.1, 0.15) is 0 Å². The smallest absolute Gasteiger partial charge is 0.239 e. The molecule has 21 heavy (non-hydrogen) atoms. The van der Waals surface area contributed by atoms with Crippen molar-refractivity contribution in [2.45, 2.75) is 57.0 Å². The van der Waals surface area contributed by atoms with Crippen LogP contribution in [0.1, 0.15) is 32.6 Å². The Labute approximate surface area is 126 Å². The second kappa shape index (κ2) is 5.19. The predicted octanol–water partition coefficient (Wildman–Crippen LogP) is -0.389. The van der Waals surface area contributed by atoms with Crippen LogP contribution >= 0.6 is 0 Å². The van der Waals surface area contributed by atoms with Crippen LogP contribution in [0.15, 0.2) is 0 Å². The first-order valence-corrected chi connectivity index (χ1v) is 8.29. The molecular weight excluding hydrogens is 268 g/mol. The Kier molecular flexibility index (Phi) is 3.45. The van der Waals surface area contributed by atoms with E-state index in [1.54, 1.807) is 0 Å². The van der Waals surface area contributed by atoms with Gasteiger partial charge in [-0.1, -0.05) is 0 Å². The van der Waals surface area contributed by atoms with Crippen LogP contribution in [0.25, 0.3) is 0 Å². The van der Waals surface area contributed by atoms with Gasteiger partial charge in [-0.3, -0.25) is 15.4 Å². The van der Waals surface area contributed by atoms with Gasteiger partial charge in [0, 0.05) is 31.2 Å². The largest absolute Gasteiger partial charge is 0.378 e. The third-order valence-electron chi connectivity index (χ3n) is 5.77. The highest BCUT2D eigenvalue weighted by atomic mass is 16.5. The lowest BCUT2D eigenvalue weighted by Gasteiger charge is -2.47. The quantitative estimate of drug-likeness (QED) is 0.659. The van der Waals surface area contributed by atoms with Gasteiger partial charge in [0.05, 0.1) is 24.9 Å². The summed E-state index contributed by atoms with van der Waals surface area (Å²) in [5.41, 5.74) is 0.359. The summed E-state index contributed by atoms with van der Waals surface area (Å²) >= 11 is 0. The average Bonchev–Trinajstić information content (AvgIpc) is 2.97. The summed E-state index contributed by atoms with van der Waals surface area (Å²) in [6.45, 7) is 5.54. The molecule has 5 rings (SSSR count). The molecule has 1 saturated carbocycles. The molecule has 5 fully saturated rings. The Morgan fingerprint density at radius 3 is 2.81 bits per heavy atom. The lowest BCUT2D eigenvalue weighted by atomic mass is 9.64. The Morgan fingerprint density at radius 1 is 1.38 bits per heavy atom. The van der Waals surface area contributed by atoms with Gasteiger partial charge in [0.15, 0.2) is 0 Å². The maximum atomic E-state index is 12.2. The molecule has 0 spiro atoms. The first-order valence-electron chi connectivity index (χ1n) is 8.29. The van der Waals surface area contributed by atoms with E-state index >= 15 is 0 Å². The van der Waals surface area contributed by atoms with Crippen LogP contribution in [0.3, 0.4) is 0 Å². The van der Waals surface area contributed by atoms with Crippen LogP contribution in [0.2, 0.25) is 0 Å². The molecule has 4 aliphatic heterocycles. The molecule has 118 valence electrons. The fraction of sp³-hybridized carbons (Fsp3) is 0.933. The molecule has 2 bridgehead atoms. The highest BCUT2D eigenvalue weighted by molar-refractivity contribution is 5.82. The maximum Gasteiger partial charge on any atom is 0.239 e. The topological polar surface area (TPSA) is 65.6 Å². The van der Waals surface area contributed by atoms with E-state index in [4.69, 9.17) is 4.74 Å². The Balaban J connectivity index is 1.32. The highest BCUT2D eigenvalue weighted by Crippen LogP contribution is 2.53. The number of carbonyl (C=O) groups excluding carboxylic acids is 1. The second-order valence-corrected chi connectivity index (χ2v) is 7.20. The summed E-state index contributed by atoms with van der Waals surface area (Å²) in [6, 6.07) is 0.398. The lowest BCUT2D eigenvalue weighted by Crippen LogP contribution is -2.65. The zero-order valence-electron chi connectivity index (χ0n) is 12.7. The summed E-state index contributed by atoms with van der Waals surface area (Å²) in [5.74, 6) is 0.240. The highest BCUT2D eigenvalue weighted by Gasteiger charge is 2.56. The van der Waals surface area contributed by atoms with Gasteiger partial charge in [-0.25, -0.2) is 0 Å². The number of amides is 1. The molecule has 1 amide bonds. The number of nitrogens with zero attached hydrogens (tertiary/aromatic N) is 1. The van der Waals surface area contributed by atoms with Crippen molar-refractivity contribution in [1.82, 2.24) is 20.9 Å². The van der Waals surface area contributed by atoms with E-state index in [1.165, 1.54) is 12.8 Å². The van der Waals surface area contributed by atoms with Crippen LogP contribution in [0.5, 0.6) is 0 Å². The Hall–Kier alpha value is -0.690. The maximum absolute atomic E-state index is 12.2. The van der Waals surface area contributed by atoms with Crippen molar-refractivity contribution in [3.8, 4) is 0 Å².